The SMILES string of the molecule is CC(C)(C1CC=CCC1)C1CCCCC1. The third-order valence-corrected chi connectivity index (χ3v) is 4.98. The van der Waals surface area contributed by atoms with Gasteiger partial charge in [-0.1, -0.05) is 45.3 Å². The summed E-state index contributed by atoms with van der Waals surface area (Å²) in [6, 6.07) is 0. The lowest BCUT2D eigenvalue weighted by molar-refractivity contribution is 0.0763. The maximum absolute atomic E-state index is 2.53. The van der Waals surface area contributed by atoms with Crippen molar-refractivity contribution in [2.75, 3.05) is 0 Å². The molecule has 0 aromatic rings. The van der Waals surface area contributed by atoms with E-state index in [1.807, 2.05) is 0 Å². The van der Waals surface area contributed by atoms with E-state index in [1.165, 1.54) is 51.4 Å². The zero-order valence-electron chi connectivity index (χ0n) is 10.5. The van der Waals surface area contributed by atoms with E-state index in [0.29, 0.717) is 5.41 Å². The monoisotopic (exact) mass is 206 g/mol. The van der Waals surface area contributed by atoms with Crippen molar-refractivity contribution in [2.45, 2.75) is 65.2 Å². The summed E-state index contributed by atoms with van der Waals surface area (Å²) in [6.45, 7) is 5.07. The van der Waals surface area contributed by atoms with Gasteiger partial charge in [-0.15, -0.1) is 0 Å². The van der Waals surface area contributed by atoms with Crippen LogP contribution in [-0.4, -0.2) is 0 Å². The van der Waals surface area contributed by atoms with Gasteiger partial charge < -0.3 is 0 Å². The predicted molar refractivity (Wildman–Crippen MR) is 66.8 cm³/mol. The van der Waals surface area contributed by atoms with Crippen LogP contribution in [0.15, 0.2) is 12.2 Å². The van der Waals surface area contributed by atoms with Crippen LogP contribution in [0.25, 0.3) is 0 Å². The van der Waals surface area contributed by atoms with Crippen LogP contribution in [0.1, 0.15) is 65.2 Å². The first-order chi connectivity index (χ1) is 7.21. The van der Waals surface area contributed by atoms with E-state index in [1.54, 1.807) is 0 Å². The Bertz CT molecular complexity index is 218. The van der Waals surface area contributed by atoms with Crippen molar-refractivity contribution in [1.29, 1.82) is 0 Å². The summed E-state index contributed by atoms with van der Waals surface area (Å²) in [5, 5.41) is 0. The highest BCUT2D eigenvalue weighted by Crippen LogP contribution is 2.47. The molecule has 0 nitrogen and oxygen atoms in total. The van der Waals surface area contributed by atoms with E-state index in [-0.39, 0.29) is 0 Å². The molecule has 0 N–H and O–H groups in total. The highest BCUT2D eigenvalue weighted by atomic mass is 14.4. The van der Waals surface area contributed by atoms with Gasteiger partial charge in [0.15, 0.2) is 0 Å². The molecule has 0 spiro atoms. The Balaban J connectivity index is 1.99. The van der Waals surface area contributed by atoms with E-state index in [0.717, 1.165) is 11.8 Å². The standard InChI is InChI=1S/C15H26/c1-15(2,13-9-5-3-6-10-13)14-11-7-4-8-12-14/h3,5,13-14H,4,6-12H2,1-2H3. The number of allylic oxidation sites excluding steroid dienone is 2. The number of rotatable bonds is 2. The second-order valence-electron chi connectivity index (χ2n) is 6.14. The molecular formula is C15H26. The van der Waals surface area contributed by atoms with Gasteiger partial charge in [0, 0.05) is 0 Å². The van der Waals surface area contributed by atoms with Gasteiger partial charge in [0.05, 0.1) is 0 Å². The van der Waals surface area contributed by atoms with E-state index in [4.69, 9.17) is 0 Å². The molecule has 2 rings (SSSR count). The maximum Gasteiger partial charge on any atom is -0.0295 e. The molecule has 0 heteroatoms. The number of hydrogen-bond donors (Lipinski definition) is 0. The zero-order chi connectivity index (χ0) is 10.7. The van der Waals surface area contributed by atoms with Gasteiger partial charge in [-0.25, -0.2) is 0 Å². The first kappa shape index (κ1) is 11.2. The maximum atomic E-state index is 2.53. The molecule has 0 saturated heterocycles. The van der Waals surface area contributed by atoms with Gasteiger partial charge in [0.25, 0.3) is 0 Å². The first-order valence-corrected chi connectivity index (χ1v) is 6.86. The average Bonchev–Trinajstić information content (AvgIpc) is 2.31. The van der Waals surface area contributed by atoms with Crippen molar-refractivity contribution in [3.8, 4) is 0 Å². The van der Waals surface area contributed by atoms with Crippen LogP contribution in [0.4, 0.5) is 0 Å². The molecule has 1 fully saturated rings. The van der Waals surface area contributed by atoms with E-state index in [9.17, 15) is 0 Å². The average molecular weight is 206 g/mol. The fourth-order valence-corrected chi connectivity index (χ4v) is 3.65. The molecule has 15 heavy (non-hydrogen) atoms. The molecular weight excluding hydrogens is 180 g/mol. The van der Waals surface area contributed by atoms with E-state index >= 15 is 0 Å². The fourth-order valence-electron chi connectivity index (χ4n) is 3.65. The van der Waals surface area contributed by atoms with Gasteiger partial charge in [-0.3, -0.25) is 0 Å². The molecule has 0 heterocycles. The first-order valence-electron chi connectivity index (χ1n) is 6.86. The summed E-state index contributed by atoms with van der Waals surface area (Å²) in [7, 11) is 0. The van der Waals surface area contributed by atoms with Crippen LogP contribution in [0, 0.1) is 17.3 Å². The van der Waals surface area contributed by atoms with Crippen LogP contribution >= 0.6 is 0 Å². The highest BCUT2D eigenvalue weighted by molar-refractivity contribution is 4.97. The normalized spacial score (nSPS) is 29.3. The van der Waals surface area contributed by atoms with Crippen LogP contribution < -0.4 is 0 Å². The molecule has 86 valence electrons. The smallest absolute Gasteiger partial charge is 0.0295 e. The van der Waals surface area contributed by atoms with Crippen LogP contribution in [-0.2, 0) is 0 Å². The zero-order valence-corrected chi connectivity index (χ0v) is 10.5. The van der Waals surface area contributed by atoms with E-state index in [2.05, 4.69) is 26.0 Å². The Morgan fingerprint density at radius 2 is 1.60 bits per heavy atom. The topological polar surface area (TPSA) is 0 Å². The Labute approximate surface area is 95.1 Å². The molecule has 0 aliphatic heterocycles. The highest BCUT2D eigenvalue weighted by Gasteiger charge is 2.36. The molecule has 1 atom stereocenters. The van der Waals surface area contributed by atoms with Gasteiger partial charge in [0.1, 0.15) is 0 Å². The van der Waals surface area contributed by atoms with Crippen molar-refractivity contribution in [2.24, 2.45) is 17.3 Å². The summed E-state index contributed by atoms with van der Waals surface area (Å²) in [4.78, 5) is 0. The molecule has 0 aromatic carbocycles. The van der Waals surface area contributed by atoms with Gasteiger partial charge in [-0.05, 0) is 49.4 Å². The van der Waals surface area contributed by atoms with Crippen LogP contribution in [0.5, 0.6) is 0 Å². The minimum absolute atomic E-state index is 0.588. The molecule has 1 saturated carbocycles. The molecule has 2 aliphatic carbocycles. The lowest BCUT2D eigenvalue weighted by Crippen LogP contribution is -2.34. The summed E-state index contributed by atoms with van der Waals surface area (Å²) in [6.07, 6.45) is 16.3. The molecule has 1 unspecified atom stereocenters. The summed E-state index contributed by atoms with van der Waals surface area (Å²) >= 11 is 0. The quantitative estimate of drug-likeness (QED) is 0.561. The third kappa shape index (κ3) is 2.46. The van der Waals surface area contributed by atoms with Crippen molar-refractivity contribution in [3.63, 3.8) is 0 Å². The van der Waals surface area contributed by atoms with Gasteiger partial charge >= 0.3 is 0 Å². The Kier molecular flexibility index (Phi) is 3.53. The second kappa shape index (κ2) is 4.72. The molecule has 0 aromatic heterocycles. The molecule has 0 radical (unpaired) electrons. The fraction of sp³-hybridized carbons (Fsp3) is 0.867. The van der Waals surface area contributed by atoms with Gasteiger partial charge in [0.2, 0.25) is 0 Å². The van der Waals surface area contributed by atoms with Crippen molar-refractivity contribution >= 4 is 0 Å². The van der Waals surface area contributed by atoms with Crippen LogP contribution in [0.2, 0.25) is 0 Å². The largest absolute Gasteiger partial charge is 0.0885 e. The Morgan fingerprint density at radius 1 is 0.867 bits per heavy atom. The summed E-state index contributed by atoms with van der Waals surface area (Å²) in [5.41, 5.74) is 0.588. The minimum Gasteiger partial charge on any atom is -0.0885 e. The lowest BCUT2D eigenvalue weighted by Gasteiger charge is -2.43. The minimum atomic E-state index is 0.588. The Hall–Kier alpha value is -0.260. The summed E-state index contributed by atoms with van der Waals surface area (Å²) < 4.78 is 0. The summed E-state index contributed by atoms with van der Waals surface area (Å²) in [5.74, 6) is 1.95. The Morgan fingerprint density at radius 3 is 2.20 bits per heavy atom. The van der Waals surface area contributed by atoms with Crippen molar-refractivity contribution < 1.29 is 0 Å². The van der Waals surface area contributed by atoms with Crippen LogP contribution in [0.3, 0.4) is 0 Å². The molecule has 2 aliphatic rings. The van der Waals surface area contributed by atoms with Crippen molar-refractivity contribution in [3.05, 3.63) is 12.2 Å². The predicted octanol–water partition coefficient (Wildman–Crippen LogP) is 4.95. The lowest BCUT2D eigenvalue weighted by atomic mass is 9.62. The third-order valence-electron chi connectivity index (χ3n) is 4.98. The molecule has 0 amide bonds. The molecule has 0 bridgehead atoms. The van der Waals surface area contributed by atoms with Crippen molar-refractivity contribution in [1.82, 2.24) is 0 Å². The van der Waals surface area contributed by atoms with Gasteiger partial charge in [-0.2, -0.15) is 0 Å². The second-order valence-corrected chi connectivity index (χ2v) is 6.14. The number of hydrogen-bond acceptors (Lipinski definition) is 0. The van der Waals surface area contributed by atoms with E-state index < -0.39 is 0 Å².